The van der Waals surface area contributed by atoms with E-state index in [2.05, 4.69) is 43.9 Å². The van der Waals surface area contributed by atoms with E-state index in [1.807, 2.05) is 0 Å². The number of nitrogens with zero attached hydrogens (tertiary/aromatic N) is 1. The Morgan fingerprint density at radius 2 is 2.10 bits per heavy atom. The Balaban J connectivity index is 3.06. The van der Waals surface area contributed by atoms with Gasteiger partial charge in [0.1, 0.15) is 7.05 Å². The maximum Gasteiger partial charge on any atom is 0.171 e. The van der Waals surface area contributed by atoms with Crippen molar-refractivity contribution in [3.8, 4) is 0 Å². The zero-order chi connectivity index (χ0) is 7.56. The molecule has 0 aromatic carbocycles. The molecule has 1 rings (SSSR count). The van der Waals surface area contributed by atoms with Crippen LogP contribution in [0.25, 0.3) is 0 Å². The Labute approximate surface area is 62.3 Å². The number of hydrogen-bond donors (Lipinski definition) is 0. The summed E-state index contributed by atoms with van der Waals surface area (Å²) in [5, 5.41) is 0. The second-order valence-electron chi connectivity index (χ2n) is 2.74. The van der Waals surface area contributed by atoms with E-state index in [1.54, 1.807) is 0 Å². The van der Waals surface area contributed by atoms with E-state index < -0.39 is 0 Å². The van der Waals surface area contributed by atoms with Gasteiger partial charge in [-0.1, -0.05) is 6.92 Å². The van der Waals surface area contributed by atoms with E-state index >= 15 is 0 Å². The molecule has 0 radical (unpaired) electrons. The molecule has 0 bridgehead atoms. The van der Waals surface area contributed by atoms with Crippen LogP contribution in [-0.4, -0.2) is 0 Å². The zero-order valence-corrected chi connectivity index (χ0v) is 6.89. The molecule has 0 aliphatic carbocycles. The Bertz CT molecular complexity index is 208. The lowest BCUT2D eigenvalue weighted by molar-refractivity contribution is -0.672. The lowest BCUT2D eigenvalue weighted by atomic mass is 10.2. The second kappa shape index (κ2) is 2.82. The van der Waals surface area contributed by atoms with Gasteiger partial charge in [0.25, 0.3) is 0 Å². The van der Waals surface area contributed by atoms with Crippen LogP contribution in [0.2, 0.25) is 0 Å². The van der Waals surface area contributed by atoms with Gasteiger partial charge >= 0.3 is 0 Å². The largest absolute Gasteiger partial charge is 0.207 e. The number of rotatable bonds is 1. The van der Waals surface area contributed by atoms with E-state index in [0.717, 1.165) is 6.42 Å². The summed E-state index contributed by atoms with van der Waals surface area (Å²) in [5.74, 6) is 0. The highest BCUT2D eigenvalue weighted by atomic mass is 14.9. The fourth-order valence-corrected chi connectivity index (χ4v) is 1.18. The van der Waals surface area contributed by atoms with Gasteiger partial charge in [0.2, 0.25) is 0 Å². The van der Waals surface area contributed by atoms with Crippen molar-refractivity contribution in [3.63, 3.8) is 0 Å². The molecular formula is C9H14N+. The third-order valence-electron chi connectivity index (χ3n) is 1.60. The van der Waals surface area contributed by atoms with Crippen molar-refractivity contribution in [2.45, 2.75) is 20.3 Å². The molecule has 0 saturated carbocycles. The van der Waals surface area contributed by atoms with Crippen molar-refractivity contribution >= 4 is 0 Å². The van der Waals surface area contributed by atoms with Gasteiger partial charge in [0.05, 0.1) is 0 Å². The molecule has 0 atom stereocenters. The van der Waals surface area contributed by atoms with Crippen LogP contribution in [0.1, 0.15) is 18.1 Å². The van der Waals surface area contributed by atoms with Gasteiger partial charge in [-0.2, -0.15) is 0 Å². The second-order valence-corrected chi connectivity index (χ2v) is 2.74. The van der Waals surface area contributed by atoms with Gasteiger partial charge in [0, 0.05) is 11.1 Å². The van der Waals surface area contributed by atoms with E-state index in [4.69, 9.17) is 0 Å². The molecule has 0 saturated heterocycles. The minimum absolute atomic E-state index is 1.12. The van der Waals surface area contributed by atoms with E-state index in [1.165, 1.54) is 11.1 Å². The first kappa shape index (κ1) is 7.26. The highest BCUT2D eigenvalue weighted by molar-refractivity contribution is 5.13. The predicted octanol–water partition coefficient (Wildman–Crippen LogP) is 1.38. The van der Waals surface area contributed by atoms with Crippen molar-refractivity contribution in [2.24, 2.45) is 7.05 Å². The molecule has 0 aliphatic heterocycles. The summed E-state index contributed by atoms with van der Waals surface area (Å²) in [7, 11) is 2.06. The average molecular weight is 136 g/mol. The van der Waals surface area contributed by atoms with Crippen LogP contribution >= 0.6 is 0 Å². The maximum absolute atomic E-state index is 2.22. The Morgan fingerprint density at radius 1 is 1.40 bits per heavy atom. The molecule has 1 aromatic heterocycles. The molecule has 0 unspecified atom stereocenters. The van der Waals surface area contributed by atoms with Crippen molar-refractivity contribution in [3.05, 3.63) is 29.6 Å². The van der Waals surface area contributed by atoms with Gasteiger partial charge in [-0.15, -0.1) is 0 Å². The van der Waals surface area contributed by atoms with Crippen LogP contribution in [0.4, 0.5) is 0 Å². The molecule has 0 N–H and O–H groups in total. The fourth-order valence-electron chi connectivity index (χ4n) is 1.18. The molecule has 0 fully saturated rings. The maximum atomic E-state index is 2.22. The molecule has 1 aromatic rings. The lowest BCUT2D eigenvalue weighted by Crippen LogP contribution is -2.27. The number of pyridine rings is 1. The third kappa shape index (κ3) is 1.56. The van der Waals surface area contributed by atoms with E-state index in [-0.39, 0.29) is 0 Å². The zero-order valence-electron chi connectivity index (χ0n) is 6.89. The minimum Gasteiger partial charge on any atom is -0.207 e. The van der Waals surface area contributed by atoms with Crippen LogP contribution in [0, 0.1) is 6.92 Å². The van der Waals surface area contributed by atoms with E-state index in [9.17, 15) is 0 Å². The normalized spacial score (nSPS) is 9.90. The number of aryl methyl sites for hydroxylation is 3. The van der Waals surface area contributed by atoms with Crippen LogP contribution in [0.3, 0.4) is 0 Å². The van der Waals surface area contributed by atoms with Crippen molar-refractivity contribution < 1.29 is 4.57 Å². The van der Waals surface area contributed by atoms with Crippen molar-refractivity contribution in [1.29, 1.82) is 0 Å². The Morgan fingerprint density at radius 3 is 2.60 bits per heavy atom. The first-order valence-electron chi connectivity index (χ1n) is 3.68. The van der Waals surface area contributed by atoms with Crippen LogP contribution < -0.4 is 4.57 Å². The smallest absolute Gasteiger partial charge is 0.171 e. The first-order valence-corrected chi connectivity index (χ1v) is 3.68. The summed E-state index contributed by atoms with van der Waals surface area (Å²) in [4.78, 5) is 0. The van der Waals surface area contributed by atoms with Gasteiger partial charge in [0.15, 0.2) is 12.4 Å². The van der Waals surface area contributed by atoms with Gasteiger partial charge < -0.3 is 0 Å². The highest BCUT2D eigenvalue weighted by Gasteiger charge is 1.97. The van der Waals surface area contributed by atoms with Crippen LogP contribution in [0.5, 0.6) is 0 Å². The average Bonchev–Trinajstić information content (AvgIpc) is 1.85. The topological polar surface area (TPSA) is 3.88 Å². The molecule has 0 amide bonds. The number of aromatic nitrogens is 1. The Hall–Kier alpha value is -0.850. The molecule has 54 valence electrons. The molecule has 0 aliphatic rings. The van der Waals surface area contributed by atoms with Gasteiger partial charge in [-0.25, -0.2) is 4.57 Å². The van der Waals surface area contributed by atoms with Crippen LogP contribution in [0.15, 0.2) is 18.5 Å². The molecule has 1 heterocycles. The minimum atomic E-state index is 1.12. The molecule has 0 spiro atoms. The van der Waals surface area contributed by atoms with Crippen LogP contribution in [-0.2, 0) is 13.5 Å². The lowest BCUT2D eigenvalue weighted by Gasteiger charge is -1.94. The molecular weight excluding hydrogens is 122 g/mol. The monoisotopic (exact) mass is 136 g/mol. The third-order valence-corrected chi connectivity index (χ3v) is 1.60. The molecule has 1 nitrogen and oxygen atoms in total. The summed E-state index contributed by atoms with van der Waals surface area (Å²) in [6, 6.07) is 2.22. The summed E-state index contributed by atoms with van der Waals surface area (Å²) >= 11 is 0. The highest BCUT2D eigenvalue weighted by Crippen LogP contribution is 1.99. The summed E-state index contributed by atoms with van der Waals surface area (Å²) in [6.45, 7) is 4.30. The summed E-state index contributed by atoms with van der Waals surface area (Å²) in [5.41, 5.74) is 2.74. The van der Waals surface area contributed by atoms with Gasteiger partial charge in [-0.05, 0) is 19.4 Å². The van der Waals surface area contributed by atoms with Crippen molar-refractivity contribution in [1.82, 2.24) is 0 Å². The first-order chi connectivity index (χ1) is 4.72. The van der Waals surface area contributed by atoms with E-state index in [0.29, 0.717) is 0 Å². The SMILES string of the molecule is CCc1cc(C)c[n+](C)c1. The predicted molar refractivity (Wildman–Crippen MR) is 41.7 cm³/mol. The van der Waals surface area contributed by atoms with Crippen molar-refractivity contribution in [2.75, 3.05) is 0 Å². The van der Waals surface area contributed by atoms with Gasteiger partial charge in [-0.3, -0.25) is 0 Å². The fraction of sp³-hybridized carbons (Fsp3) is 0.444. The Kier molecular flexibility index (Phi) is 2.05. The standard InChI is InChI=1S/C9H14N/c1-4-9-5-8(2)6-10(3)7-9/h5-7H,4H2,1-3H3/q+1. The molecule has 10 heavy (non-hydrogen) atoms. The summed E-state index contributed by atoms with van der Waals surface area (Å²) < 4.78 is 2.11. The quantitative estimate of drug-likeness (QED) is 0.513. The number of hydrogen-bond acceptors (Lipinski definition) is 0. The molecule has 1 heteroatoms. The summed E-state index contributed by atoms with van der Waals surface area (Å²) in [6.07, 6.45) is 5.40.